The largest absolute Gasteiger partial charge is 0.369 e. The summed E-state index contributed by atoms with van der Waals surface area (Å²) in [6.07, 6.45) is 0. The van der Waals surface area contributed by atoms with E-state index in [1.54, 1.807) is 0 Å². The van der Waals surface area contributed by atoms with Crippen LogP contribution in [0.2, 0.25) is 0 Å². The fourth-order valence-electron chi connectivity index (χ4n) is 4.48. The molecule has 4 rings (SSSR count). The van der Waals surface area contributed by atoms with Crippen LogP contribution in [0.3, 0.4) is 0 Å². The third kappa shape index (κ3) is 4.10. The van der Waals surface area contributed by atoms with E-state index in [1.165, 1.54) is 19.1 Å². The van der Waals surface area contributed by atoms with E-state index >= 15 is 0 Å². The molecule has 0 radical (unpaired) electrons. The molecule has 0 amide bonds. The van der Waals surface area contributed by atoms with Gasteiger partial charge >= 0.3 is 0 Å². The molecule has 2 heterocycles. The maximum Gasteiger partial charge on any atom is 0.184 e. The number of benzene rings is 2. The van der Waals surface area contributed by atoms with Crippen LogP contribution in [0.4, 0.5) is 10.1 Å². The molecule has 0 N–H and O–H groups in total. The lowest BCUT2D eigenvalue weighted by atomic mass is 10.1. The monoisotopic (exact) mass is 452 g/mol. The predicted octanol–water partition coefficient (Wildman–Crippen LogP) is 1.90. The van der Waals surface area contributed by atoms with Gasteiger partial charge in [-0.1, -0.05) is 18.2 Å². The van der Waals surface area contributed by atoms with Gasteiger partial charge in [0.1, 0.15) is 5.82 Å². The Morgan fingerprint density at radius 3 is 2.27 bits per heavy atom. The zero-order valence-electron chi connectivity index (χ0n) is 16.7. The minimum absolute atomic E-state index is 0.0129. The number of sulfone groups is 2. The molecule has 0 aromatic heterocycles. The van der Waals surface area contributed by atoms with Crippen molar-refractivity contribution in [3.63, 3.8) is 0 Å². The van der Waals surface area contributed by atoms with Crippen LogP contribution in [-0.2, 0) is 19.7 Å². The maximum atomic E-state index is 13.5. The van der Waals surface area contributed by atoms with Gasteiger partial charge in [0.15, 0.2) is 19.7 Å². The third-order valence-corrected chi connectivity index (χ3v) is 10.3. The number of halogens is 1. The minimum Gasteiger partial charge on any atom is -0.369 e. The molecule has 2 aromatic carbocycles. The number of hydrogen-bond acceptors (Lipinski definition) is 6. The highest BCUT2D eigenvalue weighted by molar-refractivity contribution is 7.96. The van der Waals surface area contributed by atoms with E-state index in [0.29, 0.717) is 31.7 Å². The van der Waals surface area contributed by atoms with Gasteiger partial charge in [0.25, 0.3) is 0 Å². The highest BCUT2D eigenvalue weighted by atomic mass is 32.2. The first kappa shape index (κ1) is 21.3. The van der Waals surface area contributed by atoms with Gasteiger partial charge in [0, 0.05) is 37.9 Å². The second kappa shape index (κ2) is 7.94. The summed E-state index contributed by atoms with van der Waals surface area (Å²) >= 11 is 0. The summed E-state index contributed by atoms with van der Waals surface area (Å²) in [5.74, 6) is -1.07. The Labute approximate surface area is 177 Å². The van der Waals surface area contributed by atoms with Crippen molar-refractivity contribution in [2.45, 2.75) is 23.1 Å². The average Bonchev–Trinajstić information content (AvgIpc) is 3.05. The molecular weight excluding hydrogens is 427 g/mol. The Kier molecular flexibility index (Phi) is 5.63. The first-order valence-corrected chi connectivity index (χ1v) is 13.3. The molecule has 0 saturated carbocycles. The number of anilines is 1. The van der Waals surface area contributed by atoms with Crippen molar-refractivity contribution >= 4 is 25.4 Å². The molecular formula is C21H25FN2O4S2. The van der Waals surface area contributed by atoms with E-state index < -0.39 is 42.5 Å². The molecule has 2 fully saturated rings. The molecule has 0 bridgehead atoms. The first-order chi connectivity index (χ1) is 14.2. The van der Waals surface area contributed by atoms with Crippen molar-refractivity contribution in [2.24, 2.45) is 0 Å². The van der Waals surface area contributed by atoms with Gasteiger partial charge in [0.2, 0.25) is 0 Å². The number of piperazine rings is 1. The first-order valence-electron chi connectivity index (χ1n) is 9.92. The van der Waals surface area contributed by atoms with E-state index in [0.717, 1.165) is 11.8 Å². The fraction of sp³-hybridized carbons (Fsp3) is 0.429. The van der Waals surface area contributed by atoms with Gasteiger partial charge in [-0.3, -0.25) is 4.90 Å². The van der Waals surface area contributed by atoms with Gasteiger partial charge < -0.3 is 4.90 Å². The van der Waals surface area contributed by atoms with Crippen molar-refractivity contribution < 1.29 is 21.2 Å². The van der Waals surface area contributed by atoms with E-state index in [2.05, 4.69) is 4.90 Å². The Morgan fingerprint density at radius 2 is 1.63 bits per heavy atom. The van der Waals surface area contributed by atoms with Gasteiger partial charge in [-0.15, -0.1) is 0 Å². The summed E-state index contributed by atoms with van der Waals surface area (Å²) in [7, 11) is -7.40. The second-order valence-electron chi connectivity index (χ2n) is 8.00. The normalized spacial score (nSPS) is 24.8. The summed E-state index contributed by atoms with van der Waals surface area (Å²) < 4.78 is 65.1. The molecule has 0 unspecified atom stereocenters. The van der Waals surface area contributed by atoms with E-state index in [1.807, 2.05) is 35.2 Å². The van der Waals surface area contributed by atoms with Gasteiger partial charge in [0.05, 0.1) is 21.7 Å². The molecule has 2 aromatic rings. The summed E-state index contributed by atoms with van der Waals surface area (Å²) in [5.41, 5.74) is 1.40. The van der Waals surface area contributed by atoms with E-state index in [-0.39, 0.29) is 10.6 Å². The zero-order valence-corrected chi connectivity index (χ0v) is 18.4. The standard InChI is InChI=1S/C21H25FN2O4S2/c1-16-13-17(22)7-8-20(16)30(27,28)21-15-29(25,26)14-19(21)24-11-9-23(10-12-24)18-5-3-2-4-6-18/h2-8,13,19,21H,9-12,14-15H2,1H3/t19-,21-/m0/s1. The lowest BCUT2D eigenvalue weighted by Gasteiger charge is -2.40. The molecule has 2 aliphatic rings. The van der Waals surface area contributed by atoms with Crippen molar-refractivity contribution in [1.29, 1.82) is 0 Å². The molecule has 30 heavy (non-hydrogen) atoms. The van der Waals surface area contributed by atoms with Crippen LogP contribution in [0.15, 0.2) is 53.4 Å². The number of para-hydroxylation sites is 1. The molecule has 0 aliphatic carbocycles. The number of aryl methyl sites for hydroxylation is 1. The summed E-state index contributed by atoms with van der Waals surface area (Å²) in [6.45, 7) is 4.10. The fourth-order valence-corrected chi connectivity index (χ4v) is 9.54. The number of hydrogen-bond donors (Lipinski definition) is 0. The molecule has 2 aliphatic heterocycles. The lowest BCUT2D eigenvalue weighted by Crippen LogP contribution is -2.55. The highest BCUT2D eigenvalue weighted by Gasteiger charge is 2.48. The van der Waals surface area contributed by atoms with Crippen molar-refractivity contribution in [2.75, 3.05) is 42.6 Å². The van der Waals surface area contributed by atoms with Crippen LogP contribution in [0, 0.1) is 12.7 Å². The number of nitrogens with zero attached hydrogens (tertiary/aromatic N) is 2. The molecule has 0 spiro atoms. The van der Waals surface area contributed by atoms with Crippen LogP contribution < -0.4 is 4.90 Å². The molecule has 2 saturated heterocycles. The topological polar surface area (TPSA) is 74.8 Å². The Morgan fingerprint density at radius 1 is 0.967 bits per heavy atom. The van der Waals surface area contributed by atoms with Crippen molar-refractivity contribution in [1.82, 2.24) is 4.90 Å². The predicted molar refractivity (Wildman–Crippen MR) is 115 cm³/mol. The van der Waals surface area contributed by atoms with Crippen molar-refractivity contribution in [3.05, 3.63) is 59.9 Å². The van der Waals surface area contributed by atoms with Crippen LogP contribution >= 0.6 is 0 Å². The maximum absolute atomic E-state index is 13.5. The van der Waals surface area contributed by atoms with Gasteiger partial charge in [-0.25, -0.2) is 21.2 Å². The summed E-state index contributed by atoms with van der Waals surface area (Å²) in [5, 5.41) is -1.05. The average molecular weight is 453 g/mol. The quantitative estimate of drug-likeness (QED) is 0.660. The molecule has 9 heteroatoms. The van der Waals surface area contributed by atoms with Gasteiger partial charge in [-0.05, 0) is 42.8 Å². The number of rotatable bonds is 4. The van der Waals surface area contributed by atoms with Crippen LogP contribution in [-0.4, -0.2) is 70.7 Å². The Hall–Kier alpha value is -1.97. The summed E-state index contributed by atoms with van der Waals surface area (Å²) in [4.78, 5) is 4.22. The van der Waals surface area contributed by atoms with E-state index in [9.17, 15) is 21.2 Å². The third-order valence-electron chi connectivity index (χ3n) is 6.02. The smallest absolute Gasteiger partial charge is 0.184 e. The Balaban J connectivity index is 1.58. The molecule has 2 atom stereocenters. The van der Waals surface area contributed by atoms with E-state index in [4.69, 9.17) is 0 Å². The molecule has 6 nitrogen and oxygen atoms in total. The van der Waals surface area contributed by atoms with Crippen LogP contribution in [0.25, 0.3) is 0 Å². The molecule has 162 valence electrons. The SMILES string of the molecule is Cc1cc(F)ccc1S(=O)(=O)[C@H]1CS(=O)(=O)C[C@@H]1N1CCN(c2ccccc2)CC1. The highest BCUT2D eigenvalue weighted by Crippen LogP contribution is 2.31. The minimum atomic E-state index is -3.92. The second-order valence-corrected chi connectivity index (χ2v) is 12.3. The van der Waals surface area contributed by atoms with Gasteiger partial charge in [-0.2, -0.15) is 0 Å². The van der Waals surface area contributed by atoms with Crippen LogP contribution in [0.5, 0.6) is 0 Å². The van der Waals surface area contributed by atoms with Crippen LogP contribution in [0.1, 0.15) is 5.56 Å². The lowest BCUT2D eigenvalue weighted by molar-refractivity contribution is 0.201. The Bertz CT molecular complexity index is 1130. The zero-order chi connectivity index (χ0) is 21.5. The summed E-state index contributed by atoms with van der Waals surface area (Å²) in [6, 6.07) is 12.9. The van der Waals surface area contributed by atoms with Crippen molar-refractivity contribution in [3.8, 4) is 0 Å².